The lowest BCUT2D eigenvalue weighted by Gasteiger charge is -2.26. The Bertz CT molecular complexity index is 627. The number of rotatable bonds is 4. The van der Waals surface area contributed by atoms with Crippen LogP contribution in [0.1, 0.15) is 25.0 Å². The van der Waals surface area contributed by atoms with Crippen LogP contribution in [-0.4, -0.2) is 6.54 Å². The van der Waals surface area contributed by atoms with Crippen LogP contribution in [-0.2, 0) is 5.41 Å². The smallest absolute Gasteiger partial charge is 0.124 e. The summed E-state index contributed by atoms with van der Waals surface area (Å²) in [5.41, 5.74) is 2.13. The zero-order valence-electron chi connectivity index (χ0n) is 11.7. The van der Waals surface area contributed by atoms with Gasteiger partial charge in [-0.25, -0.2) is 4.39 Å². The third-order valence-electron chi connectivity index (χ3n) is 3.38. The van der Waals surface area contributed by atoms with Gasteiger partial charge in [-0.3, -0.25) is 0 Å². The van der Waals surface area contributed by atoms with Gasteiger partial charge >= 0.3 is 0 Å². The Morgan fingerprint density at radius 3 is 2.50 bits per heavy atom. The lowest BCUT2D eigenvalue weighted by Crippen LogP contribution is -2.27. The SMILES string of the molecule is CC(C)(CNc1ccc(F)cc1C#N)c1ccccc1. The highest BCUT2D eigenvalue weighted by Gasteiger charge is 2.20. The van der Waals surface area contributed by atoms with Gasteiger partial charge in [0, 0.05) is 12.0 Å². The number of nitrogens with zero attached hydrogens (tertiary/aromatic N) is 1. The Kier molecular flexibility index (Phi) is 4.05. The van der Waals surface area contributed by atoms with Crippen molar-refractivity contribution in [3.8, 4) is 6.07 Å². The van der Waals surface area contributed by atoms with Gasteiger partial charge in [-0.15, -0.1) is 0 Å². The van der Waals surface area contributed by atoms with Crippen molar-refractivity contribution in [2.45, 2.75) is 19.3 Å². The monoisotopic (exact) mass is 268 g/mol. The largest absolute Gasteiger partial charge is 0.383 e. The molecule has 0 heterocycles. The van der Waals surface area contributed by atoms with Crippen molar-refractivity contribution in [1.82, 2.24) is 0 Å². The first-order chi connectivity index (χ1) is 9.53. The predicted octanol–water partition coefficient (Wildman–Crippen LogP) is 4.09. The van der Waals surface area contributed by atoms with Gasteiger partial charge in [-0.1, -0.05) is 44.2 Å². The van der Waals surface area contributed by atoms with Gasteiger partial charge in [-0.2, -0.15) is 5.26 Å². The Labute approximate surface area is 118 Å². The van der Waals surface area contributed by atoms with E-state index >= 15 is 0 Å². The average molecular weight is 268 g/mol. The fourth-order valence-corrected chi connectivity index (χ4v) is 2.07. The van der Waals surface area contributed by atoms with E-state index in [9.17, 15) is 4.39 Å². The molecule has 0 aliphatic heterocycles. The quantitative estimate of drug-likeness (QED) is 0.906. The minimum Gasteiger partial charge on any atom is -0.383 e. The number of hydrogen-bond acceptors (Lipinski definition) is 2. The van der Waals surface area contributed by atoms with Crippen LogP contribution in [0.25, 0.3) is 0 Å². The molecule has 0 aromatic heterocycles. The Morgan fingerprint density at radius 1 is 1.15 bits per heavy atom. The van der Waals surface area contributed by atoms with Crippen LogP contribution in [0, 0.1) is 17.1 Å². The average Bonchev–Trinajstić information content (AvgIpc) is 2.46. The molecule has 0 spiro atoms. The van der Waals surface area contributed by atoms with E-state index < -0.39 is 5.82 Å². The number of hydrogen-bond donors (Lipinski definition) is 1. The van der Waals surface area contributed by atoms with Crippen LogP contribution in [0.4, 0.5) is 10.1 Å². The first-order valence-electron chi connectivity index (χ1n) is 6.52. The maximum atomic E-state index is 13.1. The molecule has 20 heavy (non-hydrogen) atoms. The van der Waals surface area contributed by atoms with Crippen LogP contribution in [0.3, 0.4) is 0 Å². The molecule has 2 nitrogen and oxygen atoms in total. The number of benzene rings is 2. The molecule has 0 aliphatic rings. The third kappa shape index (κ3) is 3.16. The summed E-state index contributed by atoms with van der Waals surface area (Å²) in [7, 11) is 0. The molecular weight excluding hydrogens is 251 g/mol. The molecule has 0 radical (unpaired) electrons. The molecule has 0 amide bonds. The molecule has 0 unspecified atom stereocenters. The molecule has 2 aromatic carbocycles. The Morgan fingerprint density at radius 2 is 1.85 bits per heavy atom. The van der Waals surface area contributed by atoms with Crippen molar-refractivity contribution >= 4 is 5.69 Å². The molecule has 3 heteroatoms. The molecule has 0 saturated carbocycles. The Balaban J connectivity index is 2.15. The molecule has 0 atom stereocenters. The zero-order valence-corrected chi connectivity index (χ0v) is 11.7. The highest BCUT2D eigenvalue weighted by molar-refractivity contribution is 5.57. The van der Waals surface area contributed by atoms with Gasteiger partial charge in [0.05, 0.1) is 11.3 Å². The maximum Gasteiger partial charge on any atom is 0.124 e. The van der Waals surface area contributed by atoms with E-state index in [-0.39, 0.29) is 5.41 Å². The molecule has 102 valence electrons. The van der Waals surface area contributed by atoms with Crippen LogP contribution < -0.4 is 5.32 Å². The maximum absolute atomic E-state index is 13.1. The van der Waals surface area contributed by atoms with Crippen LogP contribution in [0.5, 0.6) is 0 Å². The molecule has 0 fully saturated rings. The second-order valence-electron chi connectivity index (χ2n) is 5.41. The predicted molar refractivity (Wildman–Crippen MR) is 79.1 cm³/mol. The van der Waals surface area contributed by atoms with Gasteiger partial charge in [0.25, 0.3) is 0 Å². The second-order valence-corrected chi connectivity index (χ2v) is 5.41. The van der Waals surface area contributed by atoms with Crippen LogP contribution in [0.15, 0.2) is 48.5 Å². The van der Waals surface area contributed by atoms with Crippen molar-refractivity contribution < 1.29 is 4.39 Å². The minimum atomic E-state index is -0.394. The van der Waals surface area contributed by atoms with E-state index in [1.54, 1.807) is 6.07 Å². The zero-order chi connectivity index (χ0) is 14.6. The number of halogens is 1. The first-order valence-corrected chi connectivity index (χ1v) is 6.52. The molecule has 0 bridgehead atoms. The molecule has 0 saturated heterocycles. The molecule has 2 aromatic rings. The lowest BCUT2D eigenvalue weighted by molar-refractivity contribution is 0.557. The summed E-state index contributed by atoms with van der Waals surface area (Å²) in [5, 5.41) is 12.3. The molecule has 2 rings (SSSR count). The molecule has 1 N–H and O–H groups in total. The molecular formula is C17H17FN2. The van der Waals surface area contributed by atoms with E-state index in [0.717, 1.165) is 0 Å². The summed E-state index contributed by atoms with van der Waals surface area (Å²) in [6, 6.07) is 16.4. The van der Waals surface area contributed by atoms with Crippen molar-refractivity contribution in [2.75, 3.05) is 11.9 Å². The molecule has 0 aliphatic carbocycles. The lowest BCUT2D eigenvalue weighted by atomic mass is 9.84. The number of anilines is 1. The van der Waals surface area contributed by atoms with Crippen molar-refractivity contribution in [2.24, 2.45) is 0 Å². The van der Waals surface area contributed by atoms with Crippen molar-refractivity contribution in [1.29, 1.82) is 5.26 Å². The summed E-state index contributed by atoms with van der Waals surface area (Å²) < 4.78 is 13.1. The minimum absolute atomic E-state index is 0.0810. The highest BCUT2D eigenvalue weighted by Crippen LogP contribution is 2.24. The van der Waals surface area contributed by atoms with E-state index in [4.69, 9.17) is 5.26 Å². The Hall–Kier alpha value is -2.34. The van der Waals surface area contributed by atoms with Gasteiger partial charge in [0.2, 0.25) is 0 Å². The fourth-order valence-electron chi connectivity index (χ4n) is 2.07. The summed E-state index contributed by atoms with van der Waals surface area (Å²) >= 11 is 0. The third-order valence-corrected chi connectivity index (χ3v) is 3.38. The van der Waals surface area contributed by atoms with Gasteiger partial charge in [0.1, 0.15) is 11.9 Å². The summed E-state index contributed by atoms with van der Waals surface area (Å²) in [6.45, 7) is 4.92. The van der Waals surface area contributed by atoms with Crippen LogP contribution >= 0.6 is 0 Å². The summed E-state index contributed by atoms with van der Waals surface area (Å²) in [5.74, 6) is -0.394. The fraction of sp³-hybridized carbons (Fsp3) is 0.235. The highest BCUT2D eigenvalue weighted by atomic mass is 19.1. The van der Waals surface area contributed by atoms with Gasteiger partial charge < -0.3 is 5.32 Å². The normalized spacial score (nSPS) is 10.9. The van der Waals surface area contributed by atoms with Crippen molar-refractivity contribution in [3.05, 3.63) is 65.5 Å². The standard InChI is InChI=1S/C17H17FN2/c1-17(2,14-6-4-3-5-7-14)12-20-16-9-8-15(18)10-13(16)11-19/h3-10,20H,12H2,1-2H3. The van der Waals surface area contributed by atoms with E-state index in [1.165, 1.54) is 17.7 Å². The topological polar surface area (TPSA) is 35.8 Å². The van der Waals surface area contributed by atoms with Gasteiger partial charge in [-0.05, 0) is 23.8 Å². The van der Waals surface area contributed by atoms with E-state index in [1.807, 2.05) is 24.3 Å². The van der Waals surface area contributed by atoms with E-state index in [2.05, 4.69) is 31.3 Å². The second kappa shape index (κ2) is 5.75. The summed E-state index contributed by atoms with van der Waals surface area (Å²) in [6.07, 6.45) is 0. The van der Waals surface area contributed by atoms with Crippen LogP contribution in [0.2, 0.25) is 0 Å². The summed E-state index contributed by atoms with van der Waals surface area (Å²) in [4.78, 5) is 0. The number of nitriles is 1. The van der Waals surface area contributed by atoms with Gasteiger partial charge in [0.15, 0.2) is 0 Å². The first kappa shape index (κ1) is 14.1. The number of nitrogens with one attached hydrogen (secondary N) is 1. The van der Waals surface area contributed by atoms with Crippen molar-refractivity contribution in [3.63, 3.8) is 0 Å². The van der Waals surface area contributed by atoms with E-state index in [0.29, 0.717) is 17.8 Å².